The second-order valence-electron chi connectivity index (χ2n) is 8.45. The lowest BCUT2D eigenvalue weighted by molar-refractivity contribution is -0.135. The molecule has 2 aliphatic rings. The van der Waals surface area contributed by atoms with Gasteiger partial charge in [-0.05, 0) is 66.6 Å². The Bertz CT molecular complexity index is 1150. The summed E-state index contributed by atoms with van der Waals surface area (Å²) in [5.41, 5.74) is 1.39. The van der Waals surface area contributed by atoms with Crippen LogP contribution in [0.3, 0.4) is 0 Å². The van der Waals surface area contributed by atoms with Crippen molar-refractivity contribution in [2.75, 3.05) is 19.7 Å². The Hall–Kier alpha value is -3.19. The minimum Gasteiger partial charge on any atom is -0.491 e. The van der Waals surface area contributed by atoms with Gasteiger partial charge in [0.2, 0.25) is 5.91 Å². The van der Waals surface area contributed by atoms with Crippen molar-refractivity contribution < 1.29 is 18.7 Å². The van der Waals surface area contributed by atoms with E-state index in [1.807, 2.05) is 35.2 Å². The molecule has 1 aliphatic carbocycles. The van der Waals surface area contributed by atoms with E-state index in [-0.39, 0.29) is 36.0 Å². The molecule has 2 heterocycles. The van der Waals surface area contributed by atoms with E-state index in [9.17, 15) is 14.0 Å². The van der Waals surface area contributed by atoms with E-state index in [1.165, 1.54) is 23.1 Å². The predicted molar refractivity (Wildman–Crippen MR) is 125 cm³/mol. The summed E-state index contributed by atoms with van der Waals surface area (Å²) in [5.74, 6) is -0.101. The molecular weight excluding hydrogens is 439 g/mol. The highest BCUT2D eigenvalue weighted by Crippen LogP contribution is 2.35. The number of halogens is 1. The molecule has 0 N–H and O–H groups in total. The number of thiophene rings is 1. The standard InChI is InChI=1S/C26H25FN2O3S/c27-19-6-4-5-18(15-19)26(31)29(20-9-10-20)16-25(30)28-13-11-24-22(12-14-33-24)23(28)17-32-21-7-2-1-3-8-21/h1-8,12,14-15,20,23H,9-11,13,16-17H2. The normalized spacial score (nSPS) is 17.4. The van der Waals surface area contributed by atoms with E-state index in [1.54, 1.807) is 22.3 Å². The van der Waals surface area contributed by atoms with Crippen molar-refractivity contribution in [3.05, 3.63) is 87.9 Å². The summed E-state index contributed by atoms with van der Waals surface area (Å²) < 4.78 is 19.7. The Labute approximate surface area is 196 Å². The summed E-state index contributed by atoms with van der Waals surface area (Å²) in [6.45, 7) is 0.921. The zero-order chi connectivity index (χ0) is 22.8. The first-order valence-electron chi connectivity index (χ1n) is 11.2. The van der Waals surface area contributed by atoms with Gasteiger partial charge < -0.3 is 14.5 Å². The summed E-state index contributed by atoms with van der Waals surface area (Å²) in [5, 5.41) is 2.05. The number of hydrogen-bond donors (Lipinski definition) is 0. The molecule has 0 saturated heterocycles. The largest absolute Gasteiger partial charge is 0.491 e. The fourth-order valence-electron chi connectivity index (χ4n) is 4.34. The van der Waals surface area contributed by atoms with Gasteiger partial charge in [-0.15, -0.1) is 11.3 Å². The van der Waals surface area contributed by atoms with E-state index in [2.05, 4.69) is 11.4 Å². The van der Waals surface area contributed by atoms with Crippen molar-refractivity contribution in [2.45, 2.75) is 31.3 Å². The van der Waals surface area contributed by atoms with Gasteiger partial charge in [-0.3, -0.25) is 9.59 Å². The van der Waals surface area contributed by atoms with Gasteiger partial charge in [-0.2, -0.15) is 0 Å². The molecule has 2 amide bonds. The lowest BCUT2D eigenvalue weighted by Crippen LogP contribution is -2.48. The Morgan fingerprint density at radius 2 is 1.91 bits per heavy atom. The number of carbonyl (C=O) groups is 2. The van der Waals surface area contributed by atoms with E-state index >= 15 is 0 Å². The first-order valence-corrected chi connectivity index (χ1v) is 12.1. The van der Waals surface area contributed by atoms with Crippen LogP contribution in [0, 0.1) is 5.82 Å². The molecule has 170 valence electrons. The number of carbonyl (C=O) groups excluding carboxylic acids is 2. The second-order valence-corrected chi connectivity index (χ2v) is 9.45. The molecule has 1 saturated carbocycles. The number of fused-ring (bicyclic) bond motifs is 1. The van der Waals surface area contributed by atoms with Gasteiger partial charge >= 0.3 is 0 Å². The number of benzene rings is 2. The third kappa shape index (κ3) is 4.78. The third-order valence-corrected chi connectivity index (χ3v) is 7.19. The molecule has 0 radical (unpaired) electrons. The molecule has 2 aromatic carbocycles. The lowest BCUT2D eigenvalue weighted by atomic mass is 10.0. The topological polar surface area (TPSA) is 49.9 Å². The number of amides is 2. The van der Waals surface area contributed by atoms with Crippen LogP contribution in [0.15, 0.2) is 66.0 Å². The minimum absolute atomic E-state index is 0.0126. The highest BCUT2D eigenvalue weighted by atomic mass is 32.1. The molecule has 5 nitrogen and oxygen atoms in total. The van der Waals surface area contributed by atoms with Crippen LogP contribution in [0.4, 0.5) is 4.39 Å². The fraction of sp³-hybridized carbons (Fsp3) is 0.308. The van der Waals surface area contributed by atoms with Crippen LogP contribution >= 0.6 is 11.3 Å². The summed E-state index contributed by atoms with van der Waals surface area (Å²) in [6, 6.07) is 17.1. The van der Waals surface area contributed by atoms with Crippen LogP contribution in [0.5, 0.6) is 5.75 Å². The molecule has 7 heteroatoms. The molecule has 33 heavy (non-hydrogen) atoms. The molecule has 1 aromatic heterocycles. The van der Waals surface area contributed by atoms with Crippen molar-refractivity contribution >= 4 is 23.2 Å². The van der Waals surface area contributed by atoms with Gasteiger partial charge in [-0.25, -0.2) is 4.39 Å². The SMILES string of the molecule is O=C(c1cccc(F)c1)N(CC(=O)N1CCc2sccc2C1COc1ccccc1)C1CC1. The van der Waals surface area contributed by atoms with Crippen LogP contribution < -0.4 is 4.74 Å². The van der Waals surface area contributed by atoms with E-state index < -0.39 is 5.82 Å². The highest BCUT2D eigenvalue weighted by molar-refractivity contribution is 7.10. The average Bonchev–Trinajstić information content (AvgIpc) is 3.56. The lowest BCUT2D eigenvalue weighted by Gasteiger charge is -2.37. The van der Waals surface area contributed by atoms with Crippen LogP contribution in [0.25, 0.3) is 0 Å². The van der Waals surface area contributed by atoms with Crippen LogP contribution in [-0.2, 0) is 11.2 Å². The van der Waals surface area contributed by atoms with Gasteiger partial charge in [0, 0.05) is 23.0 Å². The van der Waals surface area contributed by atoms with Crippen LogP contribution in [-0.4, -0.2) is 47.4 Å². The monoisotopic (exact) mass is 464 g/mol. The summed E-state index contributed by atoms with van der Waals surface area (Å²) >= 11 is 1.70. The molecule has 1 unspecified atom stereocenters. The van der Waals surface area contributed by atoms with Crippen molar-refractivity contribution in [1.29, 1.82) is 0 Å². The molecule has 3 aromatic rings. The molecule has 5 rings (SSSR count). The molecule has 0 bridgehead atoms. The number of hydrogen-bond acceptors (Lipinski definition) is 4. The molecule has 0 spiro atoms. The fourth-order valence-corrected chi connectivity index (χ4v) is 5.27. The smallest absolute Gasteiger partial charge is 0.254 e. The maximum atomic E-state index is 13.7. The van der Waals surface area contributed by atoms with Crippen molar-refractivity contribution in [3.63, 3.8) is 0 Å². The minimum atomic E-state index is -0.456. The molecule has 1 fully saturated rings. The van der Waals surface area contributed by atoms with E-state index in [4.69, 9.17) is 4.74 Å². The predicted octanol–water partition coefficient (Wildman–Crippen LogP) is 4.70. The Morgan fingerprint density at radius 3 is 2.67 bits per heavy atom. The van der Waals surface area contributed by atoms with Gasteiger partial charge in [0.05, 0.1) is 6.04 Å². The Balaban J connectivity index is 1.34. The van der Waals surface area contributed by atoms with Crippen molar-refractivity contribution in [1.82, 2.24) is 9.80 Å². The van der Waals surface area contributed by atoms with Crippen LogP contribution in [0.2, 0.25) is 0 Å². The van der Waals surface area contributed by atoms with E-state index in [0.29, 0.717) is 13.2 Å². The summed E-state index contributed by atoms with van der Waals surface area (Å²) in [7, 11) is 0. The average molecular weight is 465 g/mol. The third-order valence-electron chi connectivity index (χ3n) is 6.19. The maximum absolute atomic E-state index is 13.7. The van der Waals surface area contributed by atoms with Crippen molar-refractivity contribution in [3.8, 4) is 5.75 Å². The first-order chi connectivity index (χ1) is 16.1. The molecule has 1 aliphatic heterocycles. The van der Waals surface area contributed by atoms with Gasteiger partial charge in [0.1, 0.15) is 24.7 Å². The van der Waals surface area contributed by atoms with Crippen LogP contribution in [0.1, 0.15) is 39.7 Å². The van der Waals surface area contributed by atoms with Crippen molar-refractivity contribution in [2.24, 2.45) is 0 Å². The number of rotatable bonds is 7. The number of para-hydroxylation sites is 1. The first kappa shape index (κ1) is 21.6. The summed E-state index contributed by atoms with van der Waals surface area (Å²) in [6.07, 6.45) is 2.52. The molecule has 1 atom stereocenters. The Morgan fingerprint density at radius 1 is 1.09 bits per heavy atom. The number of nitrogens with zero attached hydrogens (tertiary/aromatic N) is 2. The number of ether oxygens (including phenoxy) is 1. The zero-order valence-corrected chi connectivity index (χ0v) is 19.0. The maximum Gasteiger partial charge on any atom is 0.254 e. The Kier molecular flexibility index (Phi) is 6.13. The van der Waals surface area contributed by atoms with Gasteiger partial charge in [-0.1, -0.05) is 24.3 Å². The van der Waals surface area contributed by atoms with E-state index in [0.717, 1.165) is 30.6 Å². The van der Waals surface area contributed by atoms with Gasteiger partial charge in [0.15, 0.2) is 0 Å². The zero-order valence-electron chi connectivity index (χ0n) is 18.2. The molecular formula is C26H25FN2O3S. The summed E-state index contributed by atoms with van der Waals surface area (Å²) in [4.78, 5) is 31.3. The van der Waals surface area contributed by atoms with Gasteiger partial charge in [0.25, 0.3) is 5.91 Å². The second kappa shape index (κ2) is 9.35. The highest BCUT2D eigenvalue weighted by Gasteiger charge is 2.38. The quantitative estimate of drug-likeness (QED) is 0.510.